The fourth-order valence-electron chi connectivity index (χ4n) is 2.02. The van der Waals surface area contributed by atoms with Crippen molar-refractivity contribution in [3.63, 3.8) is 0 Å². The molecule has 0 aliphatic heterocycles. The maximum Gasteiger partial charge on any atom is 0.244 e. The lowest BCUT2D eigenvalue weighted by molar-refractivity contribution is -0.116. The number of thioether (sulfide) groups is 1. The first-order valence-corrected chi connectivity index (χ1v) is 9.78. The molecule has 0 aliphatic rings. The van der Waals surface area contributed by atoms with Gasteiger partial charge in [-0.15, -0.1) is 0 Å². The van der Waals surface area contributed by atoms with E-state index in [1.807, 2.05) is 0 Å². The topological polar surface area (TPSA) is 46.2 Å². The second-order valence-electron chi connectivity index (χ2n) is 5.40. The van der Waals surface area contributed by atoms with Crippen LogP contribution >= 0.6 is 35.0 Å². The third kappa shape index (κ3) is 8.76. The van der Waals surface area contributed by atoms with Crippen molar-refractivity contribution in [1.82, 2.24) is 5.32 Å². The minimum Gasteiger partial charge on any atom is -0.353 e. The molecule has 0 heterocycles. The van der Waals surface area contributed by atoms with Gasteiger partial charge in [0.1, 0.15) is 0 Å². The van der Waals surface area contributed by atoms with E-state index in [0.29, 0.717) is 22.2 Å². The Morgan fingerprint density at radius 2 is 1.79 bits per heavy atom. The molecular weight excluding hydrogens is 365 g/mol. The molecule has 132 valence electrons. The van der Waals surface area contributed by atoms with E-state index in [2.05, 4.69) is 12.2 Å². The third-order valence-electron chi connectivity index (χ3n) is 3.38. The zero-order chi connectivity index (χ0) is 17.8. The summed E-state index contributed by atoms with van der Waals surface area (Å²) in [5.74, 6) is -0.182. The zero-order valence-corrected chi connectivity index (χ0v) is 16.1. The lowest BCUT2D eigenvalue weighted by Crippen LogP contribution is -2.21. The average molecular weight is 388 g/mol. The highest BCUT2D eigenvalue weighted by Gasteiger charge is 2.07. The summed E-state index contributed by atoms with van der Waals surface area (Å²) in [6, 6.07) is 4.70. The molecule has 0 fully saturated rings. The third-order valence-corrected chi connectivity index (χ3v) is 4.84. The molecule has 1 N–H and O–H groups in total. The van der Waals surface area contributed by atoms with Crippen LogP contribution in [0.15, 0.2) is 29.7 Å². The van der Waals surface area contributed by atoms with Gasteiger partial charge in [0.05, 0.1) is 10.0 Å². The first-order chi connectivity index (χ1) is 11.5. The second-order valence-corrected chi connectivity index (χ2v) is 7.09. The van der Waals surface area contributed by atoms with E-state index in [9.17, 15) is 9.59 Å². The van der Waals surface area contributed by atoms with E-state index in [4.69, 9.17) is 23.2 Å². The predicted octanol–water partition coefficient (Wildman–Crippen LogP) is 5.86. The fraction of sp³-hybridized carbons (Fsp3) is 0.444. The predicted molar refractivity (Wildman–Crippen MR) is 104 cm³/mol. The SMILES string of the molecule is CCCCCCCCNC(=O)C=CSC(=O)c1ccc(Cl)c(Cl)c1. The van der Waals surface area contributed by atoms with Crippen LogP contribution in [0.5, 0.6) is 0 Å². The highest BCUT2D eigenvalue weighted by atomic mass is 35.5. The van der Waals surface area contributed by atoms with E-state index in [1.54, 1.807) is 12.1 Å². The summed E-state index contributed by atoms with van der Waals surface area (Å²) in [7, 11) is 0. The molecule has 1 aromatic carbocycles. The Balaban J connectivity index is 2.22. The van der Waals surface area contributed by atoms with Gasteiger partial charge in [0, 0.05) is 18.2 Å². The maximum absolute atomic E-state index is 12.0. The van der Waals surface area contributed by atoms with Gasteiger partial charge in [-0.25, -0.2) is 0 Å². The van der Waals surface area contributed by atoms with Crippen LogP contribution in [-0.4, -0.2) is 17.6 Å². The van der Waals surface area contributed by atoms with Crippen molar-refractivity contribution in [2.24, 2.45) is 0 Å². The van der Waals surface area contributed by atoms with E-state index >= 15 is 0 Å². The highest BCUT2D eigenvalue weighted by Crippen LogP contribution is 2.24. The Morgan fingerprint density at radius 1 is 1.08 bits per heavy atom. The number of nitrogens with one attached hydrogen (secondary N) is 1. The zero-order valence-electron chi connectivity index (χ0n) is 13.8. The molecule has 0 aromatic heterocycles. The molecule has 1 rings (SSSR count). The molecule has 3 nitrogen and oxygen atoms in total. The smallest absolute Gasteiger partial charge is 0.244 e. The van der Waals surface area contributed by atoms with E-state index in [-0.39, 0.29) is 11.0 Å². The molecule has 0 saturated carbocycles. The summed E-state index contributed by atoms with van der Waals surface area (Å²) in [4.78, 5) is 23.6. The normalized spacial score (nSPS) is 11.0. The summed E-state index contributed by atoms with van der Waals surface area (Å²) in [6.07, 6.45) is 8.48. The van der Waals surface area contributed by atoms with E-state index in [1.165, 1.54) is 43.2 Å². The van der Waals surface area contributed by atoms with Crippen LogP contribution in [0.25, 0.3) is 0 Å². The molecule has 0 saturated heterocycles. The maximum atomic E-state index is 12.0. The number of hydrogen-bond acceptors (Lipinski definition) is 3. The number of carbonyl (C=O) groups excluding carboxylic acids is 2. The van der Waals surface area contributed by atoms with Crippen molar-refractivity contribution >= 4 is 46.0 Å². The highest BCUT2D eigenvalue weighted by molar-refractivity contribution is 8.16. The van der Waals surface area contributed by atoms with Crippen LogP contribution in [0, 0.1) is 0 Å². The van der Waals surface area contributed by atoms with Crippen molar-refractivity contribution in [3.8, 4) is 0 Å². The molecule has 0 unspecified atom stereocenters. The number of rotatable bonds is 10. The first kappa shape index (κ1) is 21.1. The lowest BCUT2D eigenvalue weighted by Gasteiger charge is -2.02. The number of hydrogen-bond donors (Lipinski definition) is 1. The molecule has 0 spiro atoms. The van der Waals surface area contributed by atoms with Gasteiger partial charge in [-0.3, -0.25) is 9.59 Å². The molecular formula is C18H23Cl2NO2S. The number of amides is 1. The summed E-state index contributed by atoms with van der Waals surface area (Å²) in [5, 5.41) is 4.86. The van der Waals surface area contributed by atoms with E-state index < -0.39 is 0 Å². The molecule has 0 bridgehead atoms. The Kier molecular flexibility index (Phi) is 10.9. The van der Waals surface area contributed by atoms with Gasteiger partial charge in [0.25, 0.3) is 0 Å². The molecule has 1 amide bonds. The molecule has 1 aromatic rings. The Bertz CT molecular complexity index is 576. The largest absolute Gasteiger partial charge is 0.353 e. The van der Waals surface area contributed by atoms with Gasteiger partial charge >= 0.3 is 0 Å². The van der Waals surface area contributed by atoms with Crippen LogP contribution in [0.4, 0.5) is 0 Å². The van der Waals surface area contributed by atoms with Crippen LogP contribution in [-0.2, 0) is 4.79 Å². The minimum absolute atomic E-state index is 0.182. The van der Waals surface area contributed by atoms with Gasteiger partial charge in [0.2, 0.25) is 11.0 Å². The number of halogens is 2. The molecule has 0 radical (unpaired) electrons. The van der Waals surface area contributed by atoms with Gasteiger partial charge in [0.15, 0.2) is 0 Å². The lowest BCUT2D eigenvalue weighted by atomic mass is 10.1. The Morgan fingerprint density at radius 3 is 2.50 bits per heavy atom. The van der Waals surface area contributed by atoms with Crippen molar-refractivity contribution in [2.75, 3.05) is 6.54 Å². The second kappa shape index (κ2) is 12.4. The number of benzene rings is 1. The van der Waals surface area contributed by atoms with Crippen molar-refractivity contribution in [2.45, 2.75) is 45.4 Å². The van der Waals surface area contributed by atoms with E-state index in [0.717, 1.165) is 24.6 Å². The Hall–Kier alpha value is -0.970. The van der Waals surface area contributed by atoms with Gasteiger partial charge in [-0.2, -0.15) is 0 Å². The van der Waals surface area contributed by atoms with Gasteiger partial charge < -0.3 is 5.32 Å². The number of unbranched alkanes of at least 4 members (excludes halogenated alkanes) is 5. The molecule has 6 heteroatoms. The number of carbonyl (C=O) groups is 2. The van der Waals surface area contributed by atoms with Crippen LogP contribution in [0.1, 0.15) is 55.8 Å². The van der Waals surface area contributed by atoms with Crippen LogP contribution in [0.3, 0.4) is 0 Å². The van der Waals surface area contributed by atoms with Gasteiger partial charge in [-0.1, -0.05) is 74.0 Å². The minimum atomic E-state index is -0.187. The van der Waals surface area contributed by atoms with Crippen molar-refractivity contribution in [1.29, 1.82) is 0 Å². The summed E-state index contributed by atoms with van der Waals surface area (Å²) in [6.45, 7) is 2.86. The summed E-state index contributed by atoms with van der Waals surface area (Å²) < 4.78 is 0. The first-order valence-electron chi connectivity index (χ1n) is 8.15. The van der Waals surface area contributed by atoms with Crippen LogP contribution < -0.4 is 5.32 Å². The molecule has 24 heavy (non-hydrogen) atoms. The standard InChI is InChI=1S/C18H23Cl2NO2S/c1-2-3-4-5-6-7-11-21-17(22)10-12-24-18(23)14-8-9-15(19)16(20)13-14/h8-10,12-13H,2-7,11H2,1H3,(H,21,22). The summed E-state index contributed by atoms with van der Waals surface area (Å²) >= 11 is 12.6. The summed E-state index contributed by atoms with van der Waals surface area (Å²) in [5.41, 5.74) is 0.450. The monoisotopic (exact) mass is 387 g/mol. The molecule has 0 atom stereocenters. The Labute approximate surface area is 158 Å². The van der Waals surface area contributed by atoms with Gasteiger partial charge in [-0.05, 0) is 30.0 Å². The van der Waals surface area contributed by atoms with Crippen LogP contribution in [0.2, 0.25) is 10.0 Å². The quantitative estimate of drug-likeness (QED) is 0.404. The van der Waals surface area contributed by atoms with Crippen molar-refractivity contribution in [3.05, 3.63) is 45.3 Å². The fourth-order valence-corrected chi connectivity index (χ4v) is 2.90. The molecule has 0 aliphatic carbocycles. The average Bonchev–Trinajstić information content (AvgIpc) is 2.56. The van der Waals surface area contributed by atoms with Crippen molar-refractivity contribution < 1.29 is 9.59 Å².